The average Bonchev–Trinajstić information content (AvgIpc) is 3.57. The van der Waals surface area contributed by atoms with Crippen molar-refractivity contribution in [3.63, 3.8) is 0 Å². The van der Waals surface area contributed by atoms with Crippen LogP contribution < -0.4 is 9.77 Å². The van der Waals surface area contributed by atoms with E-state index in [1.54, 1.807) is 23.1 Å². The largest absolute Gasteiger partial charge is 0.307 e. The number of fused-ring (bicyclic) bond motifs is 9. The van der Waals surface area contributed by atoms with Crippen molar-refractivity contribution in [2.45, 2.75) is 22.6 Å². The van der Waals surface area contributed by atoms with Crippen molar-refractivity contribution >= 4 is 51.9 Å². The third-order valence-corrected chi connectivity index (χ3v) is 11.2. The summed E-state index contributed by atoms with van der Waals surface area (Å²) in [4.78, 5) is 45.7. The molecule has 0 spiro atoms. The molecule has 32 heavy (non-hydrogen) atoms. The average molecular weight is 485 g/mol. The van der Waals surface area contributed by atoms with E-state index < -0.39 is 5.82 Å². The molecule has 1 saturated heterocycles. The molecule has 9 heteroatoms. The van der Waals surface area contributed by atoms with E-state index in [9.17, 15) is 18.8 Å². The summed E-state index contributed by atoms with van der Waals surface area (Å²) in [7, 11) is 0. The van der Waals surface area contributed by atoms with Gasteiger partial charge in [-0.1, -0.05) is 17.4 Å². The number of carbonyl (C=O) groups is 2. The number of H-pyrrole nitrogens is 1. The third kappa shape index (κ3) is 2.42. The number of aromatic amines is 1. The van der Waals surface area contributed by atoms with Crippen LogP contribution in [0.3, 0.4) is 0 Å². The fourth-order valence-electron chi connectivity index (χ4n) is 6.65. The van der Waals surface area contributed by atoms with Gasteiger partial charge >= 0.3 is 4.87 Å². The first-order valence-electron chi connectivity index (χ1n) is 10.6. The summed E-state index contributed by atoms with van der Waals surface area (Å²) in [5.41, 5.74) is 0.448. The van der Waals surface area contributed by atoms with Gasteiger partial charge in [-0.15, -0.1) is 23.1 Å². The smallest absolute Gasteiger partial charge is 0.305 e. The van der Waals surface area contributed by atoms with Gasteiger partial charge in [-0.3, -0.25) is 19.3 Å². The summed E-state index contributed by atoms with van der Waals surface area (Å²) >= 11 is 4.65. The number of thioether (sulfide) groups is 1. The van der Waals surface area contributed by atoms with Gasteiger partial charge in [0.05, 0.1) is 22.5 Å². The van der Waals surface area contributed by atoms with Crippen LogP contribution in [-0.2, 0) is 9.59 Å². The number of imide groups is 1. The van der Waals surface area contributed by atoms with Gasteiger partial charge in [-0.2, -0.15) is 0 Å². The molecule has 1 N–H and O–H groups in total. The second-order valence-corrected chi connectivity index (χ2v) is 12.1. The van der Waals surface area contributed by atoms with E-state index in [1.165, 1.54) is 45.4 Å². The summed E-state index contributed by atoms with van der Waals surface area (Å²) in [5.74, 6) is -0.873. The van der Waals surface area contributed by atoms with Crippen molar-refractivity contribution in [1.82, 2.24) is 4.98 Å². The maximum absolute atomic E-state index is 13.5. The predicted molar refractivity (Wildman–Crippen MR) is 122 cm³/mol. The molecule has 3 aromatic rings. The van der Waals surface area contributed by atoms with Gasteiger partial charge in [0.15, 0.2) is 0 Å². The van der Waals surface area contributed by atoms with Crippen LogP contribution in [0, 0.1) is 35.4 Å². The molecule has 0 radical (unpaired) electrons. The van der Waals surface area contributed by atoms with Gasteiger partial charge in [0.1, 0.15) is 5.82 Å². The topological polar surface area (TPSA) is 70.2 Å². The van der Waals surface area contributed by atoms with E-state index in [0.29, 0.717) is 5.69 Å². The fourth-order valence-corrected chi connectivity index (χ4v) is 10.5. The van der Waals surface area contributed by atoms with Crippen LogP contribution in [0.25, 0.3) is 0 Å². The minimum absolute atomic E-state index is 0.0498. The van der Waals surface area contributed by atoms with E-state index in [4.69, 9.17) is 0 Å². The standard InChI is InChI=1S/C23H17FN2O3S3/c24-9-3-5-10(6-4-9)26-21(27)15-11-8-12(16(15)22(26)28)18-14(11)17(13-2-1-7-30-13)19-20(31-18)25-23(29)32-19/h1-7,11-12,14-18H,8H2,(H,25,29)/t11-,12-,14-,15+,16-,17-,18+/m1/s1. The molecule has 2 aliphatic carbocycles. The zero-order valence-corrected chi connectivity index (χ0v) is 19.0. The Labute approximate surface area is 194 Å². The zero-order chi connectivity index (χ0) is 21.7. The molecule has 5 nitrogen and oxygen atoms in total. The van der Waals surface area contributed by atoms with Crippen LogP contribution in [0.15, 0.2) is 51.6 Å². The van der Waals surface area contributed by atoms with E-state index in [0.717, 1.165) is 16.3 Å². The molecular weight excluding hydrogens is 467 g/mol. The number of rotatable bonds is 2. The van der Waals surface area contributed by atoms with E-state index in [-0.39, 0.29) is 57.4 Å². The first-order chi connectivity index (χ1) is 15.5. The first kappa shape index (κ1) is 19.3. The summed E-state index contributed by atoms with van der Waals surface area (Å²) in [6, 6.07) is 9.73. The van der Waals surface area contributed by atoms with E-state index >= 15 is 0 Å². The normalized spacial score (nSPS) is 34.7. The van der Waals surface area contributed by atoms with Crippen LogP contribution in [-0.4, -0.2) is 22.0 Å². The molecule has 2 amide bonds. The molecule has 162 valence electrons. The molecule has 0 unspecified atom stereocenters. The molecular formula is C23H17FN2O3S3. The Morgan fingerprint density at radius 3 is 2.47 bits per heavy atom. The number of halogens is 1. The number of amides is 2. The molecule has 3 fully saturated rings. The van der Waals surface area contributed by atoms with Gasteiger partial charge in [-0.05, 0) is 59.9 Å². The van der Waals surface area contributed by atoms with Crippen molar-refractivity contribution in [1.29, 1.82) is 0 Å². The number of hydrogen-bond acceptors (Lipinski definition) is 6. The van der Waals surface area contributed by atoms with Crippen molar-refractivity contribution in [3.8, 4) is 0 Å². The Kier molecular flexibility index (Phi) is 4.00. The molecule has 1 aromatic carbocycles. The second kappa shape index (κ2) is 6.65. The molecule has 7 rings (SSSR count). The van der Waals surface area contributed by atoms with Gasteiger partial charge in [-0.25, -0.2) is 4.39 Å². The molecule has 4 aliphatic rings. The number of hydrogen-bond donors (Lipinski definition) is 1. The number of thiazole rings is 1. The molecule has 4 heterocycles. The van der Waals surface area contributed by atoms with Crippen LogP contribution in [0.2, 0.25) is 0 Å². The van der Waals surface area contributed by atoms with Crippen molar-refractivity contribution in [2.24, 2.45) is 29.6 Å². The minimum Gasteiger partial charge on any atom is -0.307 e. The van der Waals surface area contributed by atoms with Gasteiger partial charge in [0.2, 0.25) is 11.8 Å². The highest BCUT2D eigenvalue weighted by Crippen LogP contribution is 2.68. The lowest BCUT2D eigenvalue weighted by atomic mass is 9.69. The van der Waals surface area contributed by atoms with Crippen molar-refractivity contribution in [3.05, 3.63) is 67.0 Å². The molecule has 2 bridgehead atoms. The summed E-state index contributed by atoms with van der Waals surface area (Å²) < 4.78 is 13.4. The lowest BCUT2D eigenvalue weighted by Gasteiger charge is -2.42. The number of nitrogens with one attached hydrogen (secondary N) is 1. The maximum Gasteiger partial charge on any atom is 0.305 e. The number of carbonyl (C=O) groups excluding carboxylic acids is 2. The fraction of sp³-hybridized carbons (Fsp3) is 0.348. The number of benzene rings is 1. The molecule has 2 saturated carbocycles. The lowest BCUT2D eigenvalue weighted by molar-refractivity contribution is -0.123. The Morgan fingerprint density at radius 1 is 1.00 bits per heavy atom. The maximum atomic E-state index is 13.5. The summed E-state index contributed by atoms with van der Waals surface area (Å²) in [6.45, 7) is 0. The summed E-state index contributed by atoms with van der Waals surface area (Å²) in [5, 5.41) is 3.17. The van der Waals surface area contributed by atoms with Gasteiger partial charge < -0.3 is 4.98 Å². The molecule has 7 atom stereocenters. The first-order valence-corrected chi connectivity index (χ1v) is 13.2. The van der Waals surface area contributed by atoms with E-state index in [1.807, 2.05) is 6.07 Å². The zero-order valence-electron chi connectivity index (χ0n) is 16.6. The van der Waals surface area contributed by atoms with E-state index in [2.05, 4.69) is 16.4 Å². The molecule has 2 aliphatic heterocycles. The van der Waals surface area contributed by atoms with Crippen molar-refractivity contribution in [2.75, 3.05) is 4.90 Å². The lowest BCUT2D eigenvalue weighted by Crippen LogP contribution is -2.42. The third-order valence-electron chi connectivity index (χ3n) is 7.66. The SMILES string of the molecule is O=C1[C@@H]2[C@H]3C[C@@H]([C@@H]2C(=O)N1c1ccc(F)cc1)[C@@H]1[C@@H](c2cccs2)c2sc(=O)[nH]c2S[C@@H]31. The predicted octanol–water partition coefficient (Wildman–Crippen LogP) is 4.31. The van der Waals surface area contributed by atoms with Crippen LogP contribution in [0.4, 0.5) is 10.1 Å². The van der Waals surface area contributed by atoms with Gasteiger partial charge in [0.25, 0.3) is 0 Å². The quantitative estimate of drug-likeness (QED) is 0.550. The Bertz CT molecular complexity index is 1310. The summed E-state index contributed by atoms with van der Waals surface area (Å²) in [6.07, 6.45) is 0.869. The number of nitrogens with zero attached hydrogens (tertiary/aromatic N) is 1. The highest BCUT2D eigenvalue weighted by molar-refractivity contribution is 8.00. The minimum atomic E-state index is -0.394. The Balaban J connectivity index is 1.32. The van der Waals surface area contributed by atoms with Crippen LogP contribution >= 0.6 is 34.4 Å². The van der Waals surface area contributed by atoms with Crippen molar-refractivity contribution < 1.29 is 14.0 Å². The number of anilines is 1. The van der Waals surface area contributed by atoms with Gasteiger partial charge in [0, 0.05) is 20.9 Å². The number of aromatic nitrogens is 1. The highest BCUT2D eigenvalue weighted by Gasteiger charge is 2.69. The van der Waals surface area contributed by atoms with Crippen LogP contribution in [0.1, 0.15) is 22.1 Å². The van der Waals surface area contributed by atoms with Crippen LogP contribution in [0.5, 0.6) is 0 Å². The molecule has 2 aromatic heterocycles. The Hall–Kier alpha value is -2.23. The highest BCUT2D eigenvalue weighted by atomic mass is 32.2. The second-order valence-electron chi connectivity index (χ2n) is 8.96. The monoisotopic (exact) mass is 484 g/mol. The Morgan fingerprint density at radius 2 is 1.75 bits per heavy atom. The number of thiophene rings is 1.